The summed E-state index contributed by atoms with van der Waals surface area (Å²) in [7, 11) is 0. The van der Waals surface area contributed by atoms with E-state index >= 15 is 0 Å². The summed E-state index contributed by atoms with van der Waals surface area (Å²) in [5.74, 6) is -0.248. The van der Waals surface area contributed by atoms with Gasteiger partial charge in [-0.25, -0.2) is 0 Å². The van der Waals surface area contributed by atoms with Gasteiger partial charge in [-0.1, -0.05) is 256 Å². The molecule has 0 spiro atoms. The zero-order valence-corrected chi connectivity index (χ0v) is 49.4. The number of ether oxygens (including phenoxy) is 4. The van der Waals surface area contributed by atoms with Crippen LogP contribution >= 0.6 is 0 Å². The Kier molecular flexibility index (Phi) is 46.2. The molecule has 2 heterocycles. The molecule has 12 atom stereocenters. The predicted octanol–water partition coefficient (Wildman–Crippen LogP) is 11.8. The molecule has 0 aromatic rings. The van der Waals surface area contributed by atoms with E-state index in [9.17, 15) is 45.6 Å². The van der Waals surface area contributed by atoms with E-state index in [2.05, 4.69) is 43.5 Å². The van der Waals surface area contributed by atoms with Gasteiger partial charge in [0.2, 0.25) is 5.91 Å². The number of carbonyl (C=O) groups excluding carboxylic acids is 1. The lowest BCUT2D eigenvalue weighted by atomic mass is 9.97. The molecule has 2 aliphatic rings. The Morgan fingerprint density at radius 2 is 0.821 bits per heavy atom. The molecule has 0 aromatic heterocycles. The van der Waals surface area contributed by atoms with E-state index in [0.717, 1.165) is 44.9 Å². The van der Waals surface area contributed by atoms with Crippen LogP contribution in [0.15, 0.2) is 36.5 Å². The van der Waals surface area contributed by atoms with Gasteiger partial charge in [0.15, 0.2) is 12.6 Å². The lowest BCUT2D eigenvalue weighted by molar-refractivity contribution is -0.359. The molecule has 0 bridgehead atoms. The molecule has 2 rings (SSSR count). The lowest BCUT2D eigenvalue weighted by Gasteiger charge is -2.46. The first-order chi connectivity index (χ1) is 38.1. The van der Waals surface area contributed by atoms with E-state index in [0.29, 0.717) is 12.8 Å². The average Bonchev–Trinajstić information content (AvgIpc) is 3.48. The third-order valence-corrected chi connectivity index (χ3v) is 15.8. The van der Waals surface area contributed by atoms with E-state index in [1.54, 1.807) is 6.08 Å². The second kappa shape index (κ2) is 49.8. The minimum Gasteiger partial charge on any atom is -0.394 e. The fourth-order valence-corrected chi connectivity index (χ4v) is 10.6. The van der Waals surface area contributed by atoms with Crippen LogP contribution in [0, 0.1) is 0 Å². The summed E-state index contributed by atoms with van der Waals surface area (Å²) in [6.45, 7) is 2.81. The molecule has 1 amide bonds. The maximum Gasteiger partial charge on any atom is 0.220 e. The molecule has 0 saturated carbocycles. The molecule has 0 aromatic carbocycles. The van der Waals surface area contributed by atoms with Crippen LogP contribution in [-0.2, 0) is 23.7 Å². The zero-order chi connectivity index (χ0) is 56.7. The number of carbonyl (C=O) groups is 1. The largest absolute Gasteiger partial charge is 0.394 e. The summed E-state index contributed by atoms with van der Waals surface area (Å²) in [5.41, 5.74) is 0. The van der Waals surface area contributed by atoms with Gasteiger partial charge in [-0.15, -0.1) is 0 Å². The molecule has 2 aliphatic heterocycles. The Morgan fingerprint density at radius 1 is 0.449 bits per heavy atom. The SMILES string of the molecule is CCCCCCCCCCCC/C=C/CC/C=C/CC/C=C/C(O)C(COC1OC(CO)C(OC2OC(CO)C(O)C(O)C2O)C(O)C1O)NC(=O)CCCCCCCCCCCCCCCCCCCCCCCCCC. The van der Waals surface area contributed by atoms with Crippen LogP contribution in [0.2, 0.25) is 0 Å². The van der Waals surface area contributed by atoms with Gasteiger partial charge >= 0.3 is 0 Å². The van der Waals surface area contributed by atoms with E-state index < -0.39 is 86.8 Å². The summed E-state index contributed by atoms with van der Waals surface area (Å²) < 4.78 is 22.8. The van der Waals surface area contributed by atoms with Gasteiger partial charge < -0.3 is 65.1 Å². The Hall–Kier alpha value is -1.79. The van der Waals surface area contributed by atoms with Crippen molar-refractivity contribution in [1.82, 2.24) is 5.32 Å². The predicted molar refractivity (Wildman–Crippen MR) is 314 cm³/mol. The van der Waals surface area contributed by atoms with Gasteiger partial charge in [-0.05, 0) is 44.9 Å². The Balaban J connectivity index is 1.74. The van der Waals surface area contributed by atoms with Crippen molar-refractivity contribution in [3.8, 4) is 0 Å². The quantitative estimate of drug-likeness (QED) is 0.0204. The fraction of sp³-hybridized carbons (Fsp3) is 0.891. The first-order valence-corrected chi connectivity index (χ1v) is 32.2. The van der Waals surface area contributed by atoms with Gasteiger partial charge in [0, 0.05) is 6.42 Å². The second-order valence-electron chi connectivity index (χ2n) is 22.9. The van der Waals surface area contributed by atoms with Crippen molar-refractivity contribution in [2.24, 2.45) is 0 Å². The third kappa shape index (κ3) is 34.6. The summed E-state index contributed by atoms with van der Waals surface area (Å²) in [6.07, 6.45) is 44.8. The number of rotatable bonds is 52. The van der Waals surface area contributed by atoms with Crippen molar-refractivity contribution < 1.29 is 64.6 Å². The standard InChI is InChI=1S/C64H119NO13/c1-3-5-7-9-11-13-15-17-19-21-23-25-26-27-28-30-32-34-36-38-40-42-44-46-48-56(69)65-52(53(68)47-45-43-41-39-37-35-33-31-29-24-22-20-18-16-14-12-10-8-6-4-2)51-75-63-61(74)59(72)62(55(50-67)77-63)78-64-60(73)58(71)57(70)54(49-66)76-64/h29,31,37,39,45,47,52-55,57-64,66-68,70-74H,3-28,30,32-36,38,40-44,46,48-51H2,1-2H3,(H,65,69)/b31-29+,39-37+,47-45+. The number of allylic oxidation sites excluding steroid dienone is 5. The van der Waals surface area contributed by atoms with E-state index in [-0.39, 0.29) is 18.9 Å². The van der Waals surface area contributed by atoms with Crippen molar-refractivity contribution in [3.05, 3.63) is 36.5 Å². The summed E-state index contributed by atoms with van der Waals surface area (Å²) in [6, 6.07) is -0.936. The third-order valence-electron chi connectivity index (χ3n) is 15.8. The Labute approximate surface area is 474 Å². The molecule has 14 nitrogen and oxygen atoms in total. The number of unbranched alkanes of at least 4 members (excludes halogenated alkanes) is 35. The van der Waals surface area contributed by atoms with Gasteiger partial charge in [-0.3, -0.25) is 4.79 Å². The number of aliphatic hydroxyl groups is 8. The Bertz CT molecular complexity index is 1450. The molecular formula is C64H119NO13. The van der Waals surface area contributed by atoms with E-state index in [1.165, 1.54) is 193 Å². The maximum absolute atomic E-state index is 13.3. The van der Waals surface area contributed by atoms with Crippen molar-refractivity contribution in [2.45, 2.75) is 344 Å². The van der Waals surface area contributed by atoms with Crippen LogP contribution in [0.1, 0.15) is 271 Å². The molecule has 0 radical (unpaired) electrons. The molecule has 2 saturated heterocycles. The molecule has 0 aliphatic carbocycles. The minimum absolute atomic E-state index is 0.248. The highest BCUT2D eigenvalue weighted by molar-refractivity contribution is 5.76. The Morgan fingerprint density at radius 3 is 1.26 bits per heavy atom. The summed E-state index contributed by atoms with van der Waals surface area (Å²) >= 11 is 0. The fourth-order valence-electron chi connectivity index (χ4n) is 10.6. The molecule has 2 fully saturated rings. The monoisotopic (exact) mass is 1110 g/mol. The highest BCUT2D eigenvalue weighted by Crippen LogP contribution is 2.30. The zero-order valence-electron chi connectivity index (χ0n) is 49.4. The number of hydrogen-bond donors (Lipinski definition) is 9. The van der Waals surface area contributed by atoms with Crippen molar-refractivity contribution in [2.75, 3.05) is 19.8 Å². The van der Waals surface area contributed by atoms with Crippen molar-refractivity contribution in [1.29, 1.82) is 0 Å². The molecule has 78 heavy (non-hydrogen) atoms. The van der Waals surface area contributed by atoms with Crippen LogP contribution in [0.5, 0.6) is 0 Å². The number of nitrogens with one attached hydrogen (secondary N) is 1. The van der Waals surface area contributed by atoms with Crippen molar-refractivity contribution >= 4 is 5.91 Å². The maximum atomic E-state index is 13.3. The smallest absolute Gasteiger partial charge is 0.220 e. The summed E-state index contributed by atoms with van der Waals surface area (Å²) in [5, 5.41) is 87.2. The van der Waals surface area contributed by atoms with Crippen LogP contribution < -0.4 is 5.32 Å². The van der Waals surface area contributed by atoms with Gasteiger partial charge in [0.05, 0.1) is 32.0 Å². The van der Waals surface area contributed by atoms with Crippen LogP contribution in [-0.4, -0.2) is 140 Å². The number of amides is 1. The molecular weight excluding hydrogens is 991 g/mol. The van der Waals surface area contributed by atoms with Crippen molar-refractivity contribution in [3.63, 3.8) is 0 Å². The van der Waals surface area contributed by atoms with Crippen LogP contribution in [0.4, 0.5) is 0 Å². The lowest BCUT2D eigenvalue weighted by Crippen LogP contribution is -2.65. The van der Waals surface area contributed by atoms with Gasteiger partial charge in [0.25, 0.3) is 0 Å². The minimum atomic E-state index is -1.79. The summed E-state index contributed by atoms with van der Waals surface area (Å²) in [4.78, 5) is 13.3. The second-order valence-corrected chi connectivity index (χ2v) is 22.9. The van der Waals surface area contributed by atoms with Crippen LogP contribution in [0.3, 0.4) is 0 Å². The molecule has 9 N–H and O–H groups in total. The first kappa shape index (κ1) is 72.3. The highest BCUT2D eigenvalue weighted by Gasteiger charge is 2.51. The molecule has 458 valence electrons. The van der Waals surface area contributed by atoms with Gasteiger partial charge in [0.1, 0.15) is 48.8 Å². The van der Waals surface area contributed by atoms with Gasteiger partial charge in [-0.2, -0.15) is 0 Å². The number of hydrogen-bond acceptors (Lipinski definition) is 13. The molecule has 14 heteroatoms. The molecule has 12 unspecified atom stereocenters. The van der Waals surface area contributed by atoms with Crippen LogP contribution in [0.25, 0.3) is 0 Å². The highest BCUT2D eigenvalue weighted by atomic mass is 16.7. The number of aliphatic hydroxyl groups excluding tert-OH is 8. The topological polar surface area (TPSA) is 228 Å². The van der Waals surface area contributed by atoms with E-state index in [4.69, 9.17) is 18.9 Å². The normalized spacial score (nSPS) is 24.7. The first-order valence-electron chi connectivity index (χ1n) is 32.2. The average molecular weight is 1110 g/mol. The van der Waals surface area contributed by atoms with E-state index in [1.807, 2.05) is 6.08 Å².